The maximum absolute atomic E-state index is 13.4. The van der Waals surface area contributed by atoms with Gasteiger partial charge in [0.25, 0.3) is 10.0 Å². The van der Waals surface area contributed by atoms with Gasteiger partial charge in [-0.25, -0.2) is 4.39 Å². The normalized spacial score (nSPS) is 24.7. The highest BCUT2D eigenvalue weighted by Gasteiger charge is 2.41. The Kier molecular flexibility index (Phi) is 5.02. The summed E-state index contributed by atoms with van der Waals surface area (Å²) in [5.41, 5.74) is 1.37. The second-order valence-corrected chi connectivity index (χ2v) is 9.51. The van der Waals surface area contributed by atoms with Crippen LogP contribution in [-0.2, 0) is 19.6 Å². The quantitative estimate of drug-likeness (QED) is 0.712. The summed E-state index contributed by atoms with van der Waals surface area (Å²) in [6, 6.07) is 12.4. The Balaban J connectivity index is 1.37. The first-order chi connectivity index (χ1) is 14.9. The van der Waals surface area contributed by atoms with Gasteiger partial charge in [-0.15, -0.1) is 4.40 Å². The van der Waals surface area contributed by atoms with E-state index in [1.54, 1.807) is 41.3 Å². The molecule has 5 rings (SSSR count). The van der Waals surface area contributed by atoms with Crippen LogP contribution in [0.1, 0.15) is 30.1 Å². The van der Waals surface area contributed by atoms with E-state index < -0.39 is 16.1 Å². The van der Waals surface area contributed by atoms with Gasteiger partial charge in [0.05, 0.1) is 13.2 Å². The van der Waals surface area contributed by atoms with E-state index >= 15 is 0 Å². The lowest BCUT2D eigenvalue weighted by atomic mass is 10.1. The molecule has 0 spiro atoms. The summed E-state index contributed by atoms with van der Waals surface area (Å²) in [4.78, 5) is 17.2. The molecule has 3 heterocycles. The van der Waals surface area contributed by atoms with Crippen molar-refractivity contribution in [3.8, 4) is 0 Å². The van der Waals surface area contributed by atoms with Crippen molar-refractivity contribution in [1.29, 1.82) is 0 Å². The standard InChI is InChI=1S/C22H22FN3O4S/c23-16-9-7-15(8-10-16)19-14-25(12-13-30-19)22(27)18-5-3-11-26(18)21-17-4-1-2-6-20(17)31(28,29)24-21/h1-2,4,6-10,18-19H,3,5,11-14H2/t18-,19?/m0/s1. The van der Waals surface area contributed by atoms with E-state index in [2.05, 4.69) is 4.40 Å². The summed E-state index contributed by atoms with van der Waals surface area (Å²) in [6.45, 7) is 1.79. The minimum absolute atomic E-state index is 0.0580. The summed E-state index contributed by atoms with van der Waals surface area (Å²) < 4.78 is 48.0. The number of amides is 1. The van der Waals surface area contributed by atoms with Crippen LogP contribution in [0.5, 0.6) is 0 Å². The van der Waals surface area contributed by atoms with Gasteiger partial charge in [0.1, 0.15) is 22.9 Å². The molecule has 31 heavy (non-hydrogen) atoms. The van der Waals surface area contributed by atoms with Crippen LogP contribution >= 0.6 is 0 Å². The molecule has 3 aliphatic rings. The molecule has 0 bridgehead atoms. The molecule has 0 N–H and O–H groups in total. The van der Waals surface area contributed by atoms with Gasteiger partial charge in [-0.1, -0.05) is 24.3 Å². The number of benzene rings is 2. The highest BCUT2D eigenvalue weighted by molar-refractivity contribution is 7.90. The van der Waals surface area contributed by atoms with Crippen molar-refractivity contribution >= 4 is 21.8 Å². The highest BCUT2D eigenvalue weighted by atomic mass is 32.2. The van der Waals surface area contributed by atoms with Crippen molar-refractivity contribution < 1.29 is 22.3 Å². The lowest BCUT2D eigenvalue weighted by Gasteiger charge is -2.36. The summed E-state index contributed by atoms with van der Waals surface area (Å²) in [5, 5.41) is 0. The number of ether oxygens (including phenoxy) is 1. The molecule has 9 heteroatoms. The first-order valence-corrected chi connectivity index (χ1v) is 11.7. The third-order valence-corrected chi connectivity index (χ3v) is 7.37. The Bertz CT molecular complexity index is 1150. The number of nitrogens with zero attached hydrogens (tertiary/aromatic N) is 3. The Morgan fingerprint density at radius 3 is 2.68 bits per heavy atom. The van der Waals surface area contributed by atoms with Gasteiger partial charge in [0.15, 0.2) is 5.84 Å². The van der Waals surface area contributed by atoms with Crippen molar-refractivity contribution in [2.24, 2.45) is 4.40 Å². The molecule has 0 radical (unpaired) electrons. The molecule has 2 saturated heterocycles. The van der Waals surface area contributed by atoms with Gasteiger partial charge < -0.3 is 14.5 Å². The minimum atomic E-state index is -3.74. The first-order valence-electron chi connectivity index (χ1n) is 10.3. The minimum Gasteiger partial charge on any atom is -0.370 e. The van der Waals surface area contributed by atoms with Crippen LogP contribution < -0.4 is 0 Å². The summed E-state index contributed by atoms with van der Waals surface area (Å²) in [5.74, 6) is -0.0196. The van der Waals surface area contributed by atoms with Crippen LogP contribution in [0.3, 0.4) is 0 Å². The van der Waals surface area contributed by atoms with Crippen molar-refractivity contribution in [1.82, 2.24) is 9.80 Å². The topological polar surface area (TPSA) is 79.3 Å². The van der Waals surface area contributed by atoms with Gasteiger partial charge in [-0.05, 0) is 42.7 Å². The molecular weight excluding hydrogens is 421 g/mol. The zero-order valence-corrected chi connectivity index (χ0v) is 17.6. The van der Waals surface area contributed by atoms with E-state index in [1.807, 2.05) is 4.90 Å². The van der Waals surface area contributed by atoms with E-state index in [-0.39, 0.29) is 22.7 Å². The zero-order valence-electron chi connectivity index (χ0n) is 16.8. The second-order valence-electron chi connectivity index (χ2n) is 7.93. The molecule has 2 aromatic carbocycles. The molecule has 0 aliphatic carbocycles. The van der Waals surface area contributed by atoms with Gasteiger partial charge in [0, 0.05) is 18.7 Å². The van der Waals surface area contributed by atoms with Crippen molar-refractivity contribution in [3.05, 3.63) is 65.5 Å². The molecule has 0 saturated carbocycles. The Hall–Kier alpha value is -2.78. The number of hydrogen-bond donors (Lipinski definition) is 0. The van der Waals surface area contributed by atoms with Crippen molar-refractivity contribution in [3.63, 3.8) is 0 Å². The third-order valence-electron chi connectivity index (χ3n) is 6.04. The third kappa shape index (κ3) is 3.61. The van der Waals surface area contributed by atoms with E-state index in [0.29, 0.717) is 44.1 Å². The lowest BCUT2D eigenvalue weighted by Crippen LogP contribution is -2.51. The number of sulfonamides is 1. The predicted octanol–water partition coefficient (Wildman–Crippen LogP) is 2.34. The van der Waals surface area contributed by atoms with E-state index in [9.17, 15) is 17.6 Å². The van der Waals surface area contributed by atoms with Gasteiger partial charge >= 0.3 is 0 Å². The summed E-state index contributed by atoms with van der Waals surface area (Å²) in [6.07, 6.45) is 1.10. The number of likely N-dealkylation sites (tertiary alicyclic amines) is 1. The van der Waals surface area contributed by atoms with Crippen LogP contribution in [0, 0.1) is 5.82 Å². The van der Waals surface area contributed by atoms with Crippen LogP contribution in [0.2, 0.25) is 0 Å². The van der Waals surface area contributed by atoms with Crippen LogP contribution in [0.15, 0.2) is 57.8 Å². The molecular formula is C22H22FN3O4S. The van der Waals surface area contributed by atoms with Gasteiger partial charge in [-0.2, -0.15) is 8.42 Å². The van der Waals surface area contributed by atoms with Gasteiger partial charge in [-0.3, -0.25) is 4.79 Å². The Morgan fingerprint density at radius 2 is 1.87 bits per heavy atom. The average molecular weight is 444 g/mol. The Labute approximate surface area is 180 Å². The van der Waals surface area contributed by atoms with Crippen molar-refractivity contribution in [2.75, 3.05) is 26.2 Å². The SMILES string of the molecule is O=C([C@@H]1CCCN1C1=NS(=O)(=O)c2ccccc21)N1CCOC(c2ccc(F)cc2)C1. The largest absolute Gasteiger partial charge is 0.370 e. The zero-order chi connectivity index (χ0) is 21.6. The highest BCUT2D eigenvalue weighted by Crippen LogP contribution is 2.32. The van der Waals surface area contributed by atoms with E-state index in [1.165, 1.54) is 12.1 Å². The number of amidine groups is 1. The van der Waals surface area contributed by atoms with Crippen LogP contribution in [0.4, 0.5) is 4.39 Å². The Morgan fingerprint density at radius 1 is 1.10 bits per heavy atom. The average Bonchev–Trinajstić information content (AvgIpc) is 3.37. The number of carbonyl (C=O) groups is 1. The molecule has 2 atom stereocenters. The first kappa shape index (κ1) is 20.1. The molecule has 162 valence electrons. The van der Waals surface area contributed by atoms with Crippen molar-refractivity contribution in [2.45, 2.75) is 29.9 Å². The predicted molar refractivity (Wildman–Crippen MR) is 112 cm³/mol. The molecule has 1 unspecified atom stereocenters. The number of rotatable bonds is 2. The fourth-order valence-electron chi connectivity index (χ4n) is 4.51. The number of morpholine rings is 1. The fraction of sp³-hybridized carbons (Fsp3) is 0.364. The fourth-order valence-corrected chi connectivity index (χ4v) is 5.73. The van der Waals surface area contributed by atoms with Crippen LogP contribution in [-0.4, -0.2) is 62.2 Å². The molecule has 2 fully saturated rings. The second kappa shape index (κ2) is 7.72. The van der Waals surface area contributed by atoms with Crippen LogP contribution in [0.25, 0.3) is 0 Å². The molecule has 7 nitrogen and oxygen atoms in total. The number of carbonyl (C=O) groups excluding carboxylic acids is 1. The van der Waals surface area contributed by atoms with Gasteiger partial charge in [0.2, 0.25) is 5.91 Å². The lowest BCUT2D eigenvalue weighted by molar-refractivity contribution is -0.142. The molecule has 1 amide bonds. The monoisotopic (exact) mass is 443 g/mol. The number of hydrogen-bond acceptors (Lipinski definition) is 5. The molecule has 3 aliphatic heterocycles. The van der Waals surface area contributed by atoms with E-state index in [0.717, 1.165) is 12.0 Å². The maximum atomic E-state index is 13.4. The number of halogens is 1. The van der Waals surface area contributed by atoms with E-state index in [4.69, 9.17) is 4.74 Å². The molecule has 0 aromatic heterocycles. The maximum Gasteiger partial charge on any atom is 0.285 e. The smallest absolute Gasteiger partial charge is 0.285 e. The molecule has 2 aromatic rings. The summed E-state index contributed by atoms with van der Waals surface area (Å²) in [7, 11) is -3.74. The number of fused-ring (bicyclic) bond motifs is 1. The summed E-state index contributed by atoms with van der Waals surface area (Å²) >= 11 is 0.